The van der Waals surface area contributed by atoms with Gasteiger partial charge in [0.05, 0.1) is 0 Å². The van der Waals surface area contributed by atoms with Crippen molar-refractivity contribution in [2.45, 2.75) is 40.5 Å². The molecular weight excluding hydrogens is 140 g/mol. The van der Waals surface area contributed by atoms with Crippen LogP contribution in [0.25, 0.3) is 0 Å². The molecule has 0 aliphatic rings. The first-order valence-electron chi connectivity index (χ1n) is 4.11. The molecule has 0 aromatic heterocycles. The van der Waals surface area contributed by atoms with E-state index >= 15 is 0 Å². The Kier molecular flexibility index (Phi) is 52.3. The molecule has 0 radical (unpaired) electrons. The van der Waals surface area contributed by atoms with Gasteiger partial charge in [-0.25, -0.2) is 0 Å². The Morgan fingerprint density at radius 2 is 1.09 bits per heavy atom. The first-order chi connectivity index (χ1) is 5.33. The van der Waals surface area contributed by atoms with E-state index in [1.807, 2.05) is 13.8 Å². The number of hydrogen-bond acceptors (Lipinski definition) is 3. The van der Waals surface area contributed by atoms with Crippen LogP contribution in [0.15, 0.2) is 0 Å². The van der Waals surface area contributed by atoms with E-state index in [2.05, 4.69) is 13.8 Å². The highest BCUT2D eigenvalue weighted by molar-refractivity contribution is 4.12. The van der Waals surface area contributed by atoms with Crippen molar-refractivity contribution in [3.05, 3.63) is 0 Å². The molecule has 0 atom stereocenters. The SMILES string of the molecule is CCCC.CCOCC.N#N. The fraction of sp³-hybridized carbons (Fsp3) is 1.00. The van der Waals surface area contributed by atoms with Gasteiger partial charge in [0.1, 0.15) is 0 Å². The summed E-state index contributed by atoms with van der Waals surface area (Å²) < 4.78 is 4.83. The van der Waals surface area contributed by atoms with Crippen molar-refractivity contribution >= 4 is 0 Å². The Morgan fingerprint density at radius 1 is 0.818 bits per heavy atom. The van der Waals surface area contributed by atoms with Gasteiger partial charge in [-0.3, -0.25) is 0 Å². The van der Waals surface area contributed by atoms with Gasteiger partial charge in [-0.2, -0.15) is 0 Å². The van der Waals surface area contributed by atoms with Crippen LogP contribution < -0.4 is 0 Å². The summed E-state index contributed by atoms with van der Waals surface area (Å²) in [5.74, 6) is 0. The third-order valence-corrected chi connectivity index (χ3v) is 0.908. The van der Waals surface area contributed by atoms with E-state index in [0.29, 0.717) is 0 Å². The van der Waals surface area contributed by atoms with E-state index in [1.54, 1.807) is 0 Å². The van der Waals surface area contributed by atoms with Crippen molar-refractivity contribution in [3.63, 3.8) is 0 Å². The lowest BCUT2D eigenvalue weighted by molar-refractivity contribution is 0.162. The highest BCUT2D eigenvalue weighted by Gasteiger charge is 1.64. The van der Waals surface area contributed by atoms with Crippen LogP contribution in [-0.2, 0) is 4.74 Å². The molecule has 0 spiro atoms. The average molecular weight is 160 g/mol. The normalized spacial score (nSPS) is 6.73. The van der Waals surface area contributed by atoms with Crippen molar-refractivity contribution in [2.24, 2.45) is 0 Å². The average Bonchev–Trinajstić information content (AvgIpc) is 2.10. The van der Waals surface area contributed by atoms with E-state index in [9.17, 15) is 0 Å². The standard InChI is InChI=1S/C4H10O.C4H10.N2/c1-3-5-4-2;1-3-4-2;1-2/h3-4H2,1-2H3;3-4H2,1-2H3;. The molecule has 0 N–H and O–H groups in total. The van der Waals surface area contributed by atoms with Gasteiger partial charge in [-0.05, 0) is 13.8 Å². The Bertz CT molecular complexity index is 51.3. The summed E-state index contributed by atoms with van der Waals surface area (Å²) in [5.41, 5.74) is 0. The largest absolute Gasteiger partial charge is 0.382 e. The molecule has 68 valence electrons. The summed E-state index contributed by atoms with van der Waals surface area (Å²) in [5, 5.41) is 12.0. The fourth-order valence-corrected chi connectivity index (χ4v) is 0.204. The molecule has 3 heteroatoms. The molecule has 0 unspecified atom stereocenters. The van der Waals surface area contributed by atoms with Crippen molar-refractivity contribution in [3.8, 4) is 0 Å². The lowest BCUT2D eigenvalue weighted by atomic mass is 10.4. The van der Waals surface area contributed by atoms with E-state index in [1.165, 1.54) is 12.8 Å². The maximum Gasteiger partial charge on any atom is 0.0437 e. The van der Waals surface area contributed by atoms with Gasteiger partial charge in [0.25, 0.3) is 0 Å². The molecule has 0 heterocycles. The van der Waals surface area contributed by atoms with Crippen molar-refractivity contribution in [2.75, 3.05) is 13.2 Å². The maximum absolute atomic E-state index is 6.00. The molecule has 0 rings (SSSR count). The number of unbranched alkanes of at least 4 members (excludes halogenated alkanes) is 1. The van der Waals surface area contributed by atoms with E-state index < -0.39 is 0 Å². The molecule has 0 aliphatic heterocycles. The van der Waals surface area contributed by atoms with Gasteiger partial charge in [-0.1, -0.05) is 26.7 Å². The minimum Gasteiger partial charge on any atom is -0.382 e. The predicted molar refractivity (Wildman–Crippen MR) is 46.2 cm³/mol. The summed E-state index contributed by atoms with van der Waals surface area (Å²) in [6.45, 7) is 10.0. The van der Waals surface area contributed by atoms with Crippen LogP contribution in [0.3, 0.4) is 0 Å². The molecule has 0 aromatic rings. The Balaban J connectivity index is -0.0000000965. The van der Waals surface area contributed by atoms with Crippen LogP contribution in [0.2, 0.25) is 0 Å². The fourth-order valence-electron chi connectivity index (χ4n) is 0.204. The number of ether oxygens (including phenoxy) is 1. The quantitative estimate of drug-likeness (QED) is 0.596. The molecule has 0 amide bonds. The molecule has 0 aromatic carbocycles. The maximum atomic E-state index is 6.00. The zero-order valence-electron chi connectivity index (χ0n) is 8.13. The summed E-state index contributed by atoms with van der Waals surface area (Å²) in [7, 11) is 0. The smallest absolute Gasteiger partial charge is 0.0437 e. The summed E-state index contributed by atoms with van der Waals surface area (Å²) in [6.07, 6.45) is 2.64. The van der Waals surface area contributed by atoms with Crippen molar-refractivity contribution in [1.82, 2.24) is 0 Å². The molecular formula is C8H20N2O. The van der Waals surface area contributed by atoms with Gasteiger partial charge >= 0.3 is 0 Å². The van der Waals surface area contributed by atoms with Crippen LogP contribution >= 0.6 is 0 Å². The summed E-state index contributed by atoms with van der Waals surface area (Å²) in [4.78, 5) is 0. The van der Waals surface area contributed by atoms with Gasteiger partial charge in [0.15, 0.2) is 0 Å². The zero-order chi connectivity index (χ0) is 9.54. The third kappa shape index (κ3) is 90.2. The second-order valence-electron chi connectivity index (χ2n) is 1.78. The molecule has 0 bridgehead atoms. The summed E-state index contributed by atoms with van der Waals surface area (Å²) >= 11 is 0. The second kappa shape index (κ2) is 34.3. The predicted octanol–water partition coefficient (Wildman–Crippen LogP) is 2.88. The summed E-state index contributed by atoms with van der Waals surface area (Å²) in [6, 6.07) is 0. The first kappa shape index (κ1) is 16.8. The lowest BCUT2D eigenvalue weighted by Gasteiger charge is -1.86. The molecule has 0 saturated heterocycles. The monoisotopic (exact) mass is 160 g/mol. The van der Waals surface area contributed by atoms with Crippen LogP contribution in [0.4, 0.5) is 0 Å². The van der Waals surface area contributed by atoms with Crippen LogP contribution in [0.5, 0.6) is 0 Å². The molecule has 0 fully saturated rings. The molecule has 0 aliphatic carbocycles. The van der Waals surface area contributed by atoms with Gasteiger partial charge < -0.3 is 4.74 Å². The van der Waals surface area contributed by atoms with Crippen molar-refractivity contribution < 1.29 is 4.74 Å². The van der Waals surface area contributed by atoms with E-state index in [0.717, 1.165) is 13.2 Å². The molecule has 0 saturated carbocycles. The number of rotatable bonds is 3. The van der Waals surface area contributed by atoms with Crippen LogP contribution in [0, 0.1) is 10.8 Å². The molecule has 3 nitrogen and oxygen atoms in total. The zero-order valence-corrected chi connectivity index (χ0v) is 8.13. The number of nitrogens with zero attached hydrogens (tertiary/aromatic N) is 2. The van der Waals surface area contributed by atoms with Gasteiger partial charge in [0, 0.05) is 24.0 Å². The lowest BCUT2D eigenvalue weighted by Crippen LogP contribution is -1.84. The minimum absolute atomic E-state index is 0.844. The first-order valence-corrected chi connectivity index (χ1v) is 4.11. The third-order valence-electron chi connectivity index (χ3n) is 0.908. The minimum atomic E-state index is 0.844. The van der Waals surface area contributed by atoms with E-state index in [4.69, 9.17) is 15.5 Å². The highest BCUT2D eigenvalue weighted by atomic mass is 16.5. The Morgan fingerprint density at radius 3 is 1.09 bits per heavy atom. The molecule has 11 heavy (non-hydrogen) atoms. The van der Waals surface area contributed by atoms with Crippen LogP contribution in [-0.4, -0.2) is 13.2 Å². The van der Waals surface area contributed by atoms with Gasteiger partial charge in [-0.15, -0.1) is 0 Å². The Hall–Kier alpha value is -0.620. The second-order valence-corrected chi connectivity index (χ2v) is 1.78. The highest BCUT2D eigenvalue weighted by Crippen LogP contribution is 1.76. The van der Waals surface area contributed by atoms with Crippen LogP contribution in [0.1, 0.15) is 40.5 Å². The van der Waals surface area contributed by atoms with Gasteiger partial charge in [0.2, 0.25) is 0 Å². The Labute approximate surface area is 70.2 Å². The number of hydrogen-bond donors (Lipinski definition) is 0. The topological polar surface area (TPSA) is 56.8 Å². The van der Waals surface area contributed by atoms with Crippen molar-refractivity contribution in [1.29, 1.82) is 10.8 Å². The van der Waals surface area contributed by atoms with E-state index in [-0.39, 0.29) is 0 Å².